The molecule has 296 valence electrons. The summed E-state index contributed by atoms with van der Waals surface area (Å²) in [5, 5.41) is 76.2. The number of phosphoric acid groups is 1. The first-order valence-electron chi connectivity index (χ1n) is 15.3. The number of hydrogen-bond donors (Lipinski definition) is 11. The highest BCUT2D eigenvalue weighted by Gasteiger charge is 2.59. The summed E-state index contributed by atoms with van der Waals surface area (Å²) < 4.78 is 48.9. The van der Waals surface area contributed by atoms with E-state index in [1.807, 2.05) is 0 Å². The maximum atomic E-state index is 13.0. The van der Waals surface area contributed by atoms with Gasteiger partial charge in [0.25, 0.3) is 5.79 Å². The van der Waals surface area contributed by atoms with E-state index in [1.165, 1.54) is 13.2 Å². The van der Waals surface area contributed by atoms with E-state index in [9.17, 15) is 64.4 Å². The number of methoxy groups -OCH3 is 1. The van der Waals surface area contributed by atoms with E-state index in [1.54, 1.807) is 0 Å². The number of aliphatic hydroxyl groups excluding tert-OH is 6. The Labute approximate surface area is 293 Å². The molecule has 0 spiro atoms. The number of carboxylic acid groups (broad SMARTS) is 1. The summed E-state index contributed by atoms with van der Waals surface area (Å²) in [6.45, 7) is -2.61. The Morgan fingerprint density at radius 3 is 2.50 bits per heavy atom. The lowest BCUT2D eigenvalue weighted by atomic mass is 9.88. The third-order valence-corrected chi connectivity index (χ3v) is 8.56. The Kier molecular flexibility index (Phi) is 15.8. The molecule has 7 unspecified atom stereocenters. The monoisotopic (exact) mass is 775 g/mol. The molecule has 11 atom stereocenters. The highest BCUT2D eigenvalue weighted by atomic mass is 31.2. The Bertz CT molecular complexity index is 1470. The summed E-state index contributed by atoms with van der Waals surface area (Å²) >= 11 is 0. The second-order valence-electron chi connectivity index (χ2n) is 11.3. The molecule has 0 bridgehead atoms. The highest BCUT2D eigenvalue weighted by Crippen LogP contribution is 2.51. The molecule has 26 heteroatoms. The minimum Gasteiger partial charge on any atom is -0.477 e. The molecule has 1 aromatic heterocycles. The van der Waals surface area contributed by atoms with Crippen LogP contribution in [0.1, 0.15) is 12.6 Å². The molecule has 0 radical (unpaired) electrons. The molecule has 2 amide bonds. The number of nitrogen functional groups attached to an aromatic ring is 1. The number of aliphatic hydroxyl groups is 6. The van der Waals surface area contributed by atoms with E-state index in [-0.39, 0.29) is 25.6 Å². The van der Waals surface area contributed by atoms with Gasteiger partial charge >= 0.3 is 25.6 Å². The van der Waals surface area contributed by atoms with Gasteiger partial charge in [0.05, 0.1) is 45.2 Å². The minimum atomic E-state index is -5.63. The van der Waals surface area contributed by atoms with Gasteiger partial charge in [-0.3, -0.25) is 13.9 Å². The summed E-state index contributed by atoms with van der Waals surface area (Å²) in [5.74, 6) is -6.71. The average Bonchev–Trinajstić information content (AvgIpc) is 3.36. The Morgan fingerprint density at radius 2 is 1.87 bits per heavy atom. The molecule has 12 N–H and O–H groups in total. The van der Waals surface area contributed by atoms with E-state index in [0.717, 1.165) is 10.8 Å². The van der Waals surface area contributed by atoms with Crippen molar-refractivity contribution in [2.75, 3.05) is 59.0 Å². The number of rotatable bonds is 19. The van der Waals surface area contributed by atoms with Crippen LogP contribution in [0.5, 0.6) is 0 Å². The summed E-state index contributed by atoms with van der Waals surface area (Å²) in [6, 6.07) is -0.608. The molecule has 25 nitrogen and oxygen atoms in total. The molecule has 3 heterocycles. The van der Waals surface area contributed by atoms with E-state index in [2.05, 4.69) is 15.6 Å². The maximum absolute atomic E-state index is 13.0. The van der Waals surface area contributed by atoms with Crippen LogP contribution >= 0.6 is 7.82 Å². The number of carbonyl (C=O) groups excluding carboxylic acids is 2. The second-order valence-corrected chi connectivity index (χ2v) is 12.7. The molecule has 52 heavy (non-hydrogen) atoms. The summed E-state index contributed by atoms with van der Waals surface area (Å²) in [5.41, 5.74) is 4.46. The Hall–Kier alpha value is -3.40. The van der Waals surface area contributed by atoms with Gasteiger partial charge in [-0.25, -0.2) is 23.5 Å². The summed E-state index contributed by atoms with van der Waals surface area (Å²) in [4.78, 5) is 63.1. The van der Waals surface area contributed by atoms with Gasteiger partial charge in [0.1, 0.15) is 55.6 Å². The van der Waals surface area contributed by atoms with Crippen LogP contribution < -0.4 is 22.1 Å². The first-order chi connectivity index (χ1) is 24.4. The van der Waals surface area contributed by atoms with Crippen molar-refractivity contribution >= 4 is 31.6 Å². The first kappa shape index (κ1) is 43.0. The standard InChI is InChI=1S/C26H42N5O20P/c1-45-4-5-46-6-7-47-25(42)28-9-16(35)30-17-12(33)8-26(23(39)40,50-21(17)18(36)13(34)10-32)51-52(43,44)48-11-14-19(37)20(38)22(49-14)31-3-2-15(27)29-24(31)41/h2-3,12-14,17-22,32-34,36-38H,4-11H2,1H3,(H,28,42)(H,30,35)(H,39,40)(H,43,44)(H2,27,29,41)/t12?,13-,14?,17?,18-,19-,20-,21?,22?,26?/m1/s1. The van der Waals surface area contributed by atoms with Crippen molar-refractivity contribution in [1.82, 2.24) is 20.2 Å². The lowest BCUT2D eigenvalue weighted by Gasteiger charge is -2.46. The molecule has 0 aromatic carbocycles. The van der Waals surface area contributed by atoms with Crippen molar-refractivity contribution in [1.29, 1.82) is 0 Å². The van der Waals surface area contributed by atoms with Gasteiger partial charge < -0.3 is 80.7 Å². The van der Waals surface area contributed by atoms with E-state index in [4.69, 9.17) is 38.5 Å². The lowest BCUT2D eigenvalue weighted by Crippen LogP contribution is -2.68. The quantitative estimate of drug-likeness (QED) is 0.0460. The first-order valence-corrected chi connectivity index (χ1v) is 16.8. The van der Waals surface area contributed by atoms with Crippen LogP contribution in [-0.2, 0) is 46.9 Å². The number of ether oxygens (including phenoxy) is 5. The Balaban J connectivity index is 1.69. The van der Waals surface area contributed by atoms with Crippen molar-refractivity contribution < 1.29 is 92.3 Å². The molecular weight excluding hydrogens is 733 g/mol. The highest BCUT2D eigenvalue weighted by molar-refractivity contribution is 7.47. The molecule has 2 aliphatic rings. The van der Waals surface area contributed by atoms with Crippen molar-refractivity contribution in [2.24, 2.45) is 0 Å². The number of aliphatic carboxylic acids is 1. The normalized spacial score (nSPS) is 29.8. The van der Waals surface area contributed by atoms with Crippen LogP contribution in [0.15, 0.2) is 17.1 Å². The van der Waals surface area contributed by atoms with Crippen molar-refractivity contribution in [3.8, 4) is 0 Å². The zero-order chi connectivity index (χ0) is 38.8. The van der Waals surface area contributed by atoms with Gasteiger partial charge in [-0.05, 0) is 6.07 Å². The van der Waals surface area contributed by atoms with Crippen LogP contribution in [0.2, 0.25) is 0 Å². The zero-order valence-corrected chi connectivity index (χ0v) is 28.3. The number of carbonyl (C=O) groups is 3. The second kappa shape index (κ2) is 19.1. The molecule has 1 aromatic rings. The Morgan fingerprint density at radius 1 is 1.17 bits per heavy atom. The van der Waals surface area contributed by atoms with Crippen molar-refractivity contribution in [3.05, 3.63) is 22.7 Å². The molecule has 2 fully saturated rings. The van der Waals surface area contributed by atoms with Gasteiger partial charge in [0.2, 0.25) is 5.91 Å². The van der Waals surface area contributed by atoms with E-state index < -0.39 is 118 Å². The van der Waals surface area contributed by atoms with Crippen LogP contribution in [0, 0.1) is 0 Å². The molecule has 0 saturated carbocycles. The number of carboxylic acids is 1. The fourth-order valence-electron chi connectivity index (χ4n) is 4.96. The lowest BCUT2D eigenvalue weighted by molar-refractivity contribution is -0.289. The van der Waals surface area contributed by atoms with E-state index >= 15 is 0 Å². The van der Waals surface area contributed by atoms with Crippen LogP contribution in [0.25, 0.3) is 0 Å². The smallest absolute Gasteiger partial charge is 0.475 e. The van der Waals surface area contributed by atoms with Crippen molar-refractivity contribution in [2.45, 2.75) is 67.2 Å². The molecule has 3 rings (SSSR count). The average molecular weight is 776 g/mol. The zero-order valence-electron chi connectivity index (χ0n) is 27.4. The maximum Gasteiger partial charge on any atom is 0.475 e. The number of alkyl carbamates (subject to hydrolysis) is 1. The predicted octanol–water partition coefficient (Wildman–Crippen LogP) is -5.90. The number of anilines is 1. The largest absolute Gasteiger partial charge is 0.477 e. The summed E-state index contributed by atoms with van der Waals surface area (Å²) in [7, 11) is -4.17. The molecule has 2 aliphatic heterocycles. The fourth-order valence-corrected chi connectivity index (χ4v) is 5.92. The van der Waals surface area contributed by atoms with Gasteiger partial charge in [-0.1, -0.05) is 0 Å². The number of nitrogens with one attached hydrogen (secondary N) is 2. The number of nitrogens with zero attached hydrogens (tertiary/aromatic N) is 2. The van der Waals surface area contributed by atoms with Crippen molar-refractivity contribution in [3.63, 3.8) is 0 Å². The van der Waals surface area contributed by atoms with Gasteiger partial charge in [0, 0.05) is 19.7 Å². The number of aromatic nitrogens is 2. The number of hydrogen-bond acceptors (Lipinski definition) is 20. The topological polar surface area (TPSA) is 380 Å². The number of amides is 2. The number of phosphoric ester groups is 1. The van der Waals surface area contributed by atoms with Crippen LogP contribution in [0.4, 0.5) is 10.6 Å². The minimum absolute atomic E-state index is 0.0192. The van der Waals surface area contributed by atoms with Gasteiger partial charge in [-0.15, -0.1) is 0 Å². The SMILES string of the molecule is COCCOCCOC(=O)NCC(=O)NC1C(O)CC(OP(=O)(O)OCC2OC(n3ccc(N)nc3=O)[C@H](O)[C@@H]2O)(C(=O)O)OC1[C@H](O)[C@H](O)CO. The fraction of sp³-hybridized carbons (Fsp3) is 0.731. The third-order valence-electron chi connectivity index (χ3n) is 7.56. The molecule has 2 saturated heterocycles. The van der Waals surface area contributed by atoms with Crippen LogP contribution in [0.3, 0.4) is 0 Å². The predicted molar refractivity (Wildman–Crippen MR) is 165 cm³/mol. The third kappa shape index (κ3) is 11.3. The van der Waals surface area contributed by atoms with Gasteiger partial charge in [0.15, 0.2) is 6.23 Å². The molecule has 0 aliphatic carbocycles. The molecular formula is C26H42N5O20P. The summed E-state index contributed by atoms with van der Waals surface area (Å²) in [6.07, 6.45) is -16.6. The van der Waals surface area contributed by atoms with Crippen LogP contribution in [-0.4, -0.2) is 176 Å². The number of nitrogens with two attached hydrogens (primary N) is 1. The van der Waals surface area contributed by atoms with Gasteiger partial charge in [-0.2, -0.15) is 4.98 Å². The van der Waals surface area contributed by atoms with E-state index in [0.29, 0.717) is 6.61 Å².